The minimum Gasteiger partial charge on any atom is -0.301 e. The standard InChI is InChI=1S/C17H23N3/c1-11-9-12(2)14(13(3)10-11)20-8-7-19-16(20)15(18)17(4,5)6/h7-10,18H,1-6H3. The number of aromatic nitrogens is 2. The van der Waals surface area contributed by atoms with E-state index in [0.717, 1.165) is 11.5 Å². The Balaban J connectivity index is 2.62. The van der Waals surface area contributed by atoms with E-state index in [1.165, 1.54) is 16.7 Å². The summed E-state index contributed by atoms with van der Waals surface area (Å²) in [6, 6.07) is 4.35. The van der Waals surface area contributed by atoms with Gasteiger partial charge in [0.2, 0.25) is 0 Å². The van der Waals surface area contributed by atoms with E-state index >= 15 is 0 Å². The molecule has 3 nitrogen and oxygen atoms in total. The molecule has 0 spiro atoms. The molecule has 0 radical (unpaired) electrons. The summed E-state index contributed by atoms with van der Waals surface area (Å²) in [7, 11) is 0. The highest BCUT2D eigenvalue weighted by Crippen LogP contribution is 2.26. The topological polar surface area (TPSA) is 41.7 Å². The molecule has 0 saturated carbocycles. The molecule has 0 amide bonds. The minimum absolute atomic E-state index is 0.213. The largest absolute Gasteiger partial charge is 0.301 e. The highest BCUT2D eigenvalue weighted by Gasteiger charge is 2.24. The van der Waals surface area contributed by atoms with Crippen molar-refractivity contribution in [2.24, 2.45) is 5.41 Å². The predicted octanol–water partition coefficient (Wildman–Crippen LogP) is 4.21. The first-order chi connectivity index (χ1) is 9.21. The summed E-state index contributed by atoms with van der Waals surface area (Å²) in [6.07, 6.45) is 3.72. The van der Waals surface area contributed by atoms with Gasteiger partial charge in [-0.1, -0.05) is 38.5 Å². The maximum atomic E-state index is 8.39. The number of benzene rings is 1. The molecule has 2 rings (SSSR count). The van der Waals surface area contributed by atoms with Crippen LogP contribution in [0.3, 0.4) is 0 Å². The zero-order chi connectivity index (χ0) is 15.1. The van der Waals surface area contributed by atoms with E-state index < -0.39 is 0 Å². The number of aryl methyl sites for hydroxylation is 3. The van der Waals surface area contributed by atoms with Crippen LogP contribution in [0.1, 0.15) is 43.3 Å². The van der Waals surface area contributed by atoms with E-state index in [4.69, 9.17) is 5.41 Å². The van der Waals surface area contributed by atoms with Crippen LogP contribution in [-0.2, 0) is 0 Å². The average Bonchev–Trinajstić information content (AvgIpc) is 2.74. The quantitative estimate of drug-likeness (QED) is 0.815. The van der Waals surface area contributed by atoms with Crippen LogP contribution >= 0.6 is 0 Å². The Kier molecular flexibility index (Phi) is 3.55. The molecule has 0 atom stereocenters. The second-order valence-electron chi connectivity index (χ2n) is 6.49. The van der Waals surface area contributed by atoms with Crippen molar-refractivity contribution in [3.8, 4) is 5.69 Å². The maximum Gasteiger partial charge on any atom is 0.158 e. The number of imidazole rings is 1. The molecular formula is C17H23N3. The molecule has 0 aliphatic carbocycles. The highest BCUT2D eigenvalue weighted by molar-refractivity contribution is 5.99. The molecule has 1 aromatic carbocycles. The van der Waals surface area contributed by atoms with Crippen molar-refractivity contribution >= 4 is 5.71 Å². The molecule has 0 fully saturated rings. The lowest BCUT2D eigenvalue weighted by atomic mass is 9.89. The Hall–Kier alpha value is -1.90. The second-order valence-corrected chi connectivity index (χ2v) is 6.49. The zero-order valence-electron chi connectivity index (χ0n) is 13.2. The van der Waals surface area contributed by atoms with Gasteiger partial charge in [-0.15, -0.1) is 0 Å². The van der Waals surface area contributed by atoms with Gasteiger partial charge < -0.3 is 5.41 Å². The molecule has 106 valence electrons. The van der Waals surface area contributed by atoms with Gasteiger partial charge in [0.25, 0.3) is 0 Å². The molecule has 1 heterocycles. The number of hydrogen-bond acceptors (Lipinski definition) is 2. The maximum absolute atomic E-state index is 8.39. The lowest BCUT2D eigenvalue weighted by Gasteiger charge is -2.21. The fourth-order valence-electron chi connectivity index (χ4n) is 2.56. The summed E-state index contributed by atoms with van der Waals surface area (Å²) in [5, 5.41) is 8.39. The predicted molar refractivity (Wildman–Crippen MR) is 84.1 cm³/mol. The van der Waals surface area contributed by atoms with Gasteiger partial charge in [0.1, 0.15) is 0 Å². The summed E-state index contributed by atoms with van der Waals surface area (Å²) < 4.78 is 2.04. The molecule has 20 heavy (non-hydrogen) atoms. The Morgan fingerprint density at radius 2 is 1.65 bits per heavy atom. The van der Waals surface area contributed by atoms with E-state index in [2.05, 4.69) is 37.9 Å². The summed E-state index contributed by atoms with van der Waals surface area (Å²) in [5.41, 5.74) is 5.16. The van der Waals surface area contributed by atoms with Gasteiger partial charge in [-0.25, -0.2) is 4.98 Å². The van der Waals surface area contributed by atoms with Crippen molar-refractivity contribution in [2.75, 3.05) is 0 Å². The first kappa shape index (κ1) is 14.5. The van der Waals surface area contributed by atoms with Gasteiger partial charge in [-0.05, 0) is 31.9 Å². The number of hydrogen-bond donors (Lipinski definition) is 1. The van der Waals surface area contributed by atoms with Crippen LogP contribution in [0.25, 0.3) is 5.69 Å². The van der Waals surface area contributed by atoms with Crippen LogP contribution in [0.15, 0.2) is 24.5 Å². The molecule has 0 saturated heterocycles. The van der Waals surface area contributed by atoms with Crippen molar-refractivity contribution in [3.63, 3.8) is 0 Å². The van der Waals surface area contributed by atoms with Gasteiger partial charge in [0.05, 0.1) is 11.4 Å². The van der Waals surface area contributed by atoms with Gasteiger partial charge >= 0.3 is 0 Å². The molecule has 0 aliphatic rings. The Bertz CT molecular complexity index is 634. The number of rotatable bonds is 2. The van der Waals surface area contributed by atoms with Crippen LogP contribution in [-0.4, -0.2) is 15.3 Å². The van der Waals surface area contributed by atoms with Crippen LogP contribution in [0.2, 0.25) is 0 Å². The number of nitrogens with one attached hydrogen (secondary N) is 1. The van der Waals surface area contributed by atoms with E-state index in [1.54, 1.807) is 6.20 Å². The van der Waals surface area contributed by atoms with Crippen molar-refractivity contribution in [1.82, 2.24) is 9.55 Å². The SMILES string of the molecule is Cc1cc(C)c(-n2ccnc2C(=N)C(C)(C)C)c(C)c1. The first-order valence-corrected chi connectivity index (χ1v) is 6.93. The zero-order valence-corrected chi connectivity index (χ0v) is 13.2. The molecule has 3 heteroatoms. The molecule has 1 aromatic heterocycles. The minimum atomic E-state index is -0.213. The number of nitrogens with zero attached hydrogens (tertiary/aromatic N) is 2. The molecule has 2 aromatic rings. The summed E-state index contributed by atoms with van der Waals surface area (Å²) in [4.78, 5) is 4.40. The highest BCUT2D eigenvalue weighted by atomic mass is 15.1. The third-order valence-corrected chi connectivity index (χ3v) is 3.49. The van der Waals surface area contributed by atoms with E-state index in [0.29, 0.717) is 5.71 Å². The van der Waals surface area contributed by atoms with Crippen molar-refractivity contribution in [2.45, 2.75) is 41.5 Å². The van der Waals surface area contributed by atoms with Gasteiger partial charge in [-0.3, -0.25) is 4.57 Å². The van der Waals surface area contributed by atoms with Gasteiger partial charge in [-0.2, -0.15) is 0 Å². The van der Waals surface area contributed by atoms with Crippen LogP contribution in [0.5, 0.6) is 0 Å². The summed E-state index contributed by atoms with van der Waals surface area (Å²) in [6.45, 7) is 12.5. The van der Waals surface area contributed by atoms with E-state index in [9.17, 15) is 0 Å². The second kappa shape index (κ2) is 4.89. The molecule has 0 bridgehead atoms. The fourth-order valence-corrected chi connectivity index (χ4v) is 2.56. The summed E-state index contributed by atoms with van der Waals surface area (Å²) in [5.74, 6) is 0.729. The Morgan fingerprint density at radius 1 is 1.10 bits per heavy atom. The molecule has 0 unspecified atom stereocenters. The lowest BCUT2D eigenvalue weighted by Crippen LogP contribution is -2.24. The van der Waals surface area contributed by atoms with Crippen molar-refractivity contribution in [3.05, 3.63) is 47.0 Å². The molecular weight excluding hydrogens is 246 g/mol. The fraction of sp³-hybridized carbons (Fsp3) is 0.412. The van der Waals surface area contributed by atoms with E-state index in [1.807, 2.05) is 31.5 Å². The van der Waals surface area contributed by atoms with Crippen LogP contribution < -0.4 is 0 Å². The summed E-state index contributed by atoms with van der Waals surface area (Å²) >= 11 is 0. The average molecular weight is 269 g/mol. The van der Waals surface area contributed by atoms with Crippen LogP contribution in [0, 0.1) is 31.6 Å². The first-order valence-electron chi connectivity index (χ1n) is 6.93. The van der Waals surface area contributed by atoms with Gasteiger partial charge in [0, 0.05) is 17.8 Å². The van der Waals surface area contributed by atoms with Crippen molar-refractivity contribution in [1.29, 1.82) is 5.41 Å². The van der Waals surface area contributed by atoms with E-state index in [-0.39, 0.29) is 5.41 Å². The monoisotopic (exact) mass is 269 g/mol. The molecule has 0 aliphatic heterocycles. The lowest BCUT2D eigenvalue weighted by molar-refractivity contribution is 0.583. The van der Waals surface area contributed by atoms with Gasteiger partial charge in [0.15, 0.2) is 5.82 Å². The Morgan fingerprint density at radius 3 is 2.15 bits per heavy atom. The third kappa shape index (κ3) is 2.53. The molecule has 1 N–H and O–H groups in total. The normalized spacial score (nSPS) is 11.7. The smallest absolute Gasteiger partial charge is 0.158 e. The van der Waals surface area contributed by atoms with Crippen LogP contribution in [0.4, 0.5) is 0 Å². The Labute approximate surface area is 121 Å². The third-order valence-electron chi connectivity index (χ3n) is 3.49. The van der Waals surface area contributed by atoms with Crippen molar-refractivity contribution < 1.29 is 0 Å².